The molecule has 0 fully saturated rings. The van der Waals surface area contributed by atoms with Crippen LogP contribution in [0.5, 0.6) is 0 Å². The van der Waals surface area contributed by atoms with Crippen LogP contribution in [0.2, 0.25) is 0 Å². The van der Waals surface area contributed by atoms with Crippen molar-refractivity contribution in [3.8, 4) is 0 Å². The van der Waals surface area contributed by atoms with Crippen LogP contribution in [0.4, 0.5) is 0 Å². The van der Waals surface area contributed by atoms with Crippen LogP contribution in [0.1, 0.15) is 30.4 Å². The SMILES string of the molecule is CCNCCC1CNCc2ccccc21. The first kappa shape index (κ1) is 10.7. The number of rotatable bonds is 4. The molecule has 0 amide bonds. The molecule has 0 spiro atoms. The first-order valence-electron chi connectivity index (χ1n) is 5.91. The standard InChI is InChI=1S/C13H20N2/c1-2-14-8-7-12-10-15-9-11-5-3-4-6-13(11)12/h3-6,12,14-15H,2,7-10H2,1H3. The van der Waals surface area contributed by atoms with Gasteiger partial charge in [-0.15, -0.1) is 0 Å². The highest BCUT2D eigenvalue weighted by molar-refractivity contribution is 5.32. The Kier molecular flexibility index (Phi) is 3.75. The second-order valence-corrected chi connectivity index (χ2v) is 4.17. The topological polar surface area (TPSA) is 24.1 Å². The quantitative estimate of drug-likeness (QED) is 0.732. The minimum Gasteiger partial charge on any atom is -0.317 e. The molecule has 82 valence electrons. The maximum Gasteiger partial charge on any atom is 0.0208 e. The zero-order valence-electron chi connectivity index (χ0n) is 9.42. The largest absolute Gasteiger partial charge is 0.317 e. The first-order valence-corrected chi connectivity index (χ1v) is 5.91. The van der Waals surface area contributed by atoms with Crippen molar-refractivity contribution in [2.24, 2.45) is 0 Å². The molecule has 1 atom stereocenters. The van der Waals surface area contributed by atoms with E-state index < -0.39 is 0 Å². The van der Waals surface area contributed by atoms with Gasteiger partial charge in [0.1, 0.15) is 0 Å². The van der Waals surface area contributed by atoms with Gasteiger partial charge in [0.05, 0.1) is 0 Å². The Labute approximate surface area is 92.1 Å². The summed E-state index contributed by atoms with van der Waals surface area (Å²) >= 11 is 0. The number of fused-ring (bicyclic) bond motifs is 1. The van der Waals surface area contributed by atoms with E-state index >= 15 is 0 Å². The molecule has 2 nitrogen and oxygen atoms in total. The van der Waals surface area contributed by atoms with E-state index in [1.54, 1.807) is 5.56 Å². The van der Waals surface area contributed by atoms with Crippen molar-refractivity contribution in [3.05, 3.63) is 35.4 Å². The summed E-state index contributed by atoms with van der Waals surface area (Å²) in [6, 6.07) is 8.81. The lowest BCUT2D eigenvalue weighted by atomic mass is 9.88. The second-order valence-electron chi connectivity index (χ2n) is 4.17. The average Bonchev–Trinajstić information content (AvgIpc) is 2.30. The highest BCUT2D eigenvalue weighted by atomic mass is 14.9. The van der Waals surface area contributed by atoms with Gasteiger partial charge < -0.3 is 10.6 Å². The van der Waals surface area contributed by atoms with Crippen molar-refractivity contribution in [2.75, 3.05) is 19.6 Å². The van der Waals surface area contributed by atoms with E-state index in [1.807, 2.05) is 0 Å². The van der Waals surface area contributed by atoms with Gasteiger partial charge in [-0.1, -0.05) is 31.2 Å². The van der Waals surface area contributed by atoms with Crippen LogP contribution in [0.25, 0.3) is 0 Å². The van der Waals surface area contributed by atoms with E-state index in [9.17, 15) is 0 Å². The zero-order valence-corrected chi connectivity index (χ0v) is 9.42. The molecule has 1 aliphatic rings. The predicted molar refractivity (Wildman–Crippen MR) is 64.1 cm³/mol. The highest BCUT2D eigenvalue weighted by Crippen LogP contribution is 2.25. The Morgan fingerprint density at radius 1 is 1.40 bits per heavy atom. The van der Waals surface area contributed by atoms with Crippen molar-refractivity contribution in [3.63, 3.8) is 0 Å². The van der Waals surface area contributed by atoms with Crippen LogP contribution >= 0.6 is 0 Å². The van der Waals surface area contributed by atoms with E-state index in [0.717, 1.165) is 26.2 Å². The molecule has 0 aromatic heterocycles. The maximum absolute atomic E-state index is 3.49. The summed E-state index contributed by atoms with van der Waals surface area (Å²) in [5, 5.41) is 6.89. The van der Waals surface area contributed by atoms with Crippen LogP contribution in [0.3, 0.4) is 0 Å². The smallest absolute Gasteiger partial charge is 0.0208 e. The maximum atomic E-state index is 3.49. The fraction of sp³-hybridized carbons (Fsp3) is 0.538. The summed E-state index contributed by atoms with van der Waals surface area (Å²) in [5.74, 6) is 0.689. The molecule has 1 unspecified atom stereocenters. The molecule has 0 aliphatic carbocycles. The van der Waals surface area contributed by atoms with Gasteiger partial charge in [0.25, 0.3) is 0 Å². The second kappa shape index (κ2) is 5.29. The lowest BCUT2D eigenvalue weighted by molar-refractivity contribution is 0.498. The lowest BCUT2D eigenvalue weighted by Gasteiger charge is -2.26. The number of hydrogen-bond acceptors (Lipinski definition) is 2. The molecule has 1 aliphatic heterocycles. The molecule has 1 aromatic rings. The fourth-order valence-corrected chi connectivity index (χ4v) is 2.30. The number of benzene rings is 1. The summed E-state index contributed by atoms with van der Waals surface area (Å²) < 4.78 is 0. The van der Waals surface area contributed by atoms with Gasteiger partial charge in [0.2, 0.25) is 0 Å². The summed E-state index contributed by atoms with van der Waals surface area (Å²) in [4.78, 5) is 0. The Bertz CT molecular complexity index is 309. The molecular formula is C13H20N2. The minimum absolute atomic E-state index is 0.689. The summed E-state index contributed by atoms with van der Waals surface area (Å²) in [7, 11) is 0. The van der Waals surface area contributed by atoms with E-state index in [-0.39, 0.29) is 0 Å². The van der Waals surface area contributed by atoms with Gasteiger partial charge in [0.15, 0.2) is 0 Å². The van der Waals surface area contributed by atoms with Gasteiger partial charge >= 0.3 is 0 Å². The molecule has 1 aromatic carbocycles. The molecule has 0 saturated heterocycles. The summed E-state index contributed by atoms with van der Waals surface area (Å²) in [6.07, 6.45) is 1.23. The van der Waals surface area contributed by atoms with E-state index in [0.29, 0.717) is 5.92 Å². The Morgan fingerprint density at radius 3 is 3.13 bits per heavy atom. The monoisotopic (exact) mass is 204 g/mol. The predicted octanol–water partition coefficient (Wildman–Crippen LogP) is 1.87. The Hall–Kier alpha value is -0.860. The molecule has 0 saturated carbocycles. The third kappa shape index (κ3) is 2.58. The molecule has 1 heterocycles. The fourth-order valence-electron chi connectivity index (χ4n) is 2.30. The molecule has 2 rings (SSSR count). The lowest BCUT2D eigenvalue weighted by Crippen LogP contribution is -2.30. The van der Waals surface area contributed by atoms with E-state index in [4.69, 9.17) is 0 Å². The van der Waals surface area contributed by atoms with Crippen LogP contribution in [0, 0.1) is 0 Å². The Balaban J connectivity index is 2.02. The average molecular weight is 204 g/mol. The molecular weight excluding hydrogens is 184 g/mol. The van der Waals surface area contributed by atoms with E-state index in [2.05, 4.69) is 41.8 Å². The van der Waals surface area contributed by atoms with Gasteiger partial charge in [-0.25, -0.2) is 0 Å². The number of nitrogens with one attached hydrogen (secondary N) is 2. The molecule has 0 bridgehead atoms. The van der Waals surface area contributed by atoms with Crippen molar-refractivity contribution in [1.82, 2.24) is 10.6 Å². The number of hydrogen-bond donors (Lipinski definition) is 2. The van der Waals surface area contributed by atoms with Crippen molar-refractivity contribution >= 4 is 0 Å². The summed E-state index contributed by atoms with van der Waals surface area (Å²) in [5.41, 5.74) is 3.03. The van der Waals surface area contributed by atoms with Crippen molar-refractivity contribution in [2.45, 2.75) is 25.8 Å². The van der Waals surface area contributed by atoms with Gasteiger partial charge in [-0.3, -0.25) is 0 Å². The third-order valence-electron chi connectivity index (χ3n) is 3.12. The zero-order chi connectivity index (χ0) is 10.5. The molecule has 2 heteroatoms. The van der Waals surface area contributed by atoms with Gasteiger partial charge in [0, 0.05) is 13.1 Å². The molecule has 0 radical (unpaired) electrons. The normalized spacial score (nSPS) is 19.9. The summed E-state index contributed by atoms with van der Waals surface area (Å²) in [6.45, 7) is 6.52. The van der Waals surface area contributed by atoms with Gasteiger partial charge in [-0.05, 0) is 36.6 Å². The van der Waals surface area contributed by atoms with Crippen LogP contribution in [0.15, 0.2) is 24.3 Å². The first-order chi connectivity index (χ1) is 7.42. The van der Waals surface area contributed by atoms with Crippen molar-refractivity contribution < 1.29 is 0 Å². The van der Waals surface area contributed by atoms with Crippen LogP contribution in [-0.4, -0.2) is 19.6 Å². The van der Waals surface area contributed by atoms with Gasteiger partial charge in [-0.2, -0.15) is 0 Å². The third-order valence-corrected chi connectivity index (χ3v) is 3.12. The Morgan fingerprint density at radius 2 is 2.27 bits per heavy atom. The minimum atomic E-state index is 0.689. The van der Waals surface area contributed by atoms with E-state index in [1.165, 1.54) is 12.0 Å². The molecule has 15 heavy (non-hydrogen) atoms. The highest BCUT2D eigenvalue weighted by Gasteiger charge is 2.18. The van der Waals surface area contributed by atoms with Crippen molar-refractivity contribution in [1.29, 1.82) is 0 Å². The van der Waals surface area contributed by atoms with Crippen LogP contribution in [-0.2, 0) is 6.54 Å². The molecule has 2 N–H and O–H groups in total. The van der Waals surface area contributed by atoms with Crippen LogP contribution < -0.4 is 10.6 Å².